The van der Waals surface area contributed by atoms with Gasteiger partial charge in [-0.25, -0.2) is 4.39 Å². The standard InChI is InChI=1S/C14H15FN2O2/c1-17(12-5-3-2-4-11(12)15)13(18)14(10-16)6-8-19-9-7-14/h2-5H,6-9H2,1H3. The van der Waals surface area contributed by atoms with E-state index in [4.69, 9.17) is 4.74 Å². The first-order valence-corrected chi connectivity index (χ1v) is 6.12. The van der Waals surface area contributed by atoms with E-state index in [1.165, 1.54) is 24.1 Å². The number of para-hydroxylation sites is 1. The van der Waals surface area contributed by atoms with E-state index < -0.39 is 11.2 Å². The molecular weight excluding hydrogens is 247 g/mol. The fourth-order valence-electron chi connectivity index (χ4n) is 2.25. The first-order valence-electron chi connectivity index (χ1n) is 6.12. The summed E-state index contributed by atoms with van der Waals surface area (Å²) in [5, 5.41) is 9.33. The number of hydrogen-bond acceptors (Lipinski definition) is 3. The van der Waals surface area contributed by atoms with E-state index in [9.17, 15) is 14.4 Å². The highest BCUT2D eigenvalue weighted by Crippen LogP contribution is 2.33. The SMILES string of the molecule is CN(C(=O)C1(C#N)CCOCC1)c1ccccc1F. The van der Waals surface area contributed by atoms with Crippen LogP contribution in [0.25, 0.3) is 0 Å². The van der Waals surface area contributed by atoms with Crippen LogP contribution in [0.5, 0.6) is 0 Å². The summed E-state index contributed by atoms with van der Waals surface area (Å²) in [5.41, 5.74) is -0.913. The Morgan fingerprint density at radius 1 is 1.42 bits per heavy atom. The average molecular weight is 262 g/mol. The number of benzene rings is 1. The number of nitriles is 1. The van der Waals surface area contributed by atoms with Gasteiger partial charge in [0.25, 0.3) is 0 Å². The Bertz CT molecular complexity index is 518. The van der Waals surface area contributed by atoms with Crippen LogP contribution in [0, 0.1) is 22.6 Å². The van der Waals surface area contributed by atoms with Gasteiger partial charge in [-0.15, -0.1) is 0 Å². The van der Waals surface area contributed by atoms with E-state index in [2.05, 4.69) is 6.07 Å². The Kier molecular flexibility index (Phi) is 3.82. The minimum atomic E-state index is -1.10. The summed E-state index contributed by atoms with van der Waals surface area (Å²) >= 11 is 0. The molecule has 19 heavy (non-hydrogen) atoms. The molecule has 0 N–H and O–H groups in total. The molecule has 2 rings (SSSR count). The van der Waals surface area contributed by atoms with E-state index in [-0.39, 0.29) is 11.6 Å². The van der Waals surface area contributed by atoms with Crippen molar-refractivity contribution >= 4 is 11.6 Å². The Hall–Kier alpha value is -1.93. The molecule has 1 aliphatic heterocycles. The third-order valence-electron chi connectivity index (χ3n) is 3.49. The first-order chi connectivity index (χ1) is 9.10. The van der Waals surface area contributed by atoms with Gasteiger partial charge in [0.05, 0.1) is 11.8 Å². The maximum atomic E-state index is 13.7. The zero-order valence-corrected chi connectivity index (χ0v) is 10.7. The molecule has 4 nitrogen and oxygen atoms in total. The summed E-state index contributed by atoms with van der Waals surface area (Å²) in [6, 6.07) is 8.13. The Labute approximate surface area is 111 Å². The van der Waals surface area contributed by atoms with E-state index in [0.29, 0.717) is 26.1 Å². The zero-order valence-electron chi connectivity index (χ0n) is 10.7. The Balaban J connectivity index is 2.28. The van der Waals surface area contributed by atoms with Crippen LogP contribution >= 0.6 is 0 Å². The highest BCUT2D eigenvalue weighted by molar-refractivity contribution is 5.99. The molecule has 0 unspecified atom stereocenters. The highest BCUT2D eigenvalue weighted by atomic mass is 19.1. The van der Waals surface area contributed by atoms with Crippen LogP contribution in [0.3, 0.4) is 0 Å². The normalized spacial score (nSPS) is 17.5. The lowest BCUT2D eigenvalue weighted by Gasteiger charge is -2.33. The minimum absolute atomic E-state index is 0.189. The predicted octanol–water partition coefficient (Wildman–Crippen LogP) is 2.11. The third kappa shape index (κ3) is 2.45. The number of nitrogens with zero attached hydrogens (tertiary/aromatic N) is 2. The van der Waals surface area contributed by atoms with Crippen molar-refractivity contribution in [1.29, 1.82) is 5.26 Å². The van der Waals surface area contributed by atoms with Crippen LogP contribution in [0.4, 0.5) is 10.1 Å². The largest absolute Gasteiger partial charge is 0.381 e. The van der Waals surface area contributed by atoms with Crippen LogP contribution in [0.1, 0.15) is 12.8 Å². The highest BCUT2D eigenvalue weighted by Gasteiger charge is 2.42. The molecule has 1 aliphatic rings. The number of hydrogen-bond donors (Lipinski definition) is 0. The van der Waals surface area contributed by atoms with Crippen molar-refractivity contribution in [3.05, 3.63) is 30.1 Å². The predicted molar refractivity (Wildman–Crippen MR) is 67.9 cm³/mol. The van der Waals surface area contributed by atoms with Crippen molar-refractivity contribution < 1.29 is 13.9 Å². The van der Waals surface area contributed by atoms with Gasteiger partial charge >= 0.3 is 0 Å². The molecule has 1 amide bonds. The number of ether oxygens (including phenoxy) is 1. The zero-order chi connectivity index (χ0) is 13.9. The smallest absolute Gasteiger partial charge is 0.247 e. The van der Waals surface area contributed by atoms with Crippen molar-refractivity contribution in [3.8, 4) is 6.07 Å². The molecule has 1 fully saturated rings. The molecule has 0 bridgehead atoms. The minimum Gasteiger partial charge on any atom is -0.381 e. The summed E-state index contributed by atoms with van der Waals surface area (Å²) in [4.78, 5) is 13.7. The summed E-state index contributed by atoms with van der Waals surface area (Å²) in [7, 11) is 1.50. The number of anilines is 1. The van der Waals surface area contributed by atoms with Crippen LogP contribution < -0.4 is 4.90 Å². The molecule has 0 atom stereocenters. The molecule has 1 aromatic carbocycles. The molecule has 0 aromatic heterocycles. The summed E-state index contributed by atoms with van der Waals surface area (Å²) in [6.07, 6.45) is 0.697. The number of carbonyl (C=O) groups excluding carboxylic acids is 1. The second-order valence-electron chi connectivity index (χ2n) is 4.62. The van der Waals surface area contributed by atoms with E-state index >= 15 is 0 Å². The molecule has 1 saturated heterocycles. The fourth-order valence-corrected chi connectivity index (χ4v) is 2.25. The van der Waals surface area contributed by atoms with Crippen molar-refractivity contribution in [1.82, 2.24) is 0 Å². The van der Waals surface area contributed by atoms with Gasteiger partial charge in [0.2, 0.25) is 5.91 Å². The van der Waals surface area contributed by atoms with Crippen LogP contribution in [-0.2, 0) is 9.53 Å². The maximum Gasteiger partial charge on any atom is 0.247 e. The molecule has 1 heterocycles. The van der Waals surface area contributed by atoms with E-state index in [1.54, 1.807) is 12.1 Å². The van der Waals surface area contributed by atoms with Crippen molar-refractivity contribution in [2.75, 3.05) is 25.2 Å². The molecule has 5 heteroatoms. The fraction of sp³-hybridized carbons (Fsp3) is 0.429. The lowest BCUT2D eigenvalue weighted by molar-refractivity contribution is -0.129. The van der Waals surface area contributed by atoms with Crippen LogP contribution in [0.2, 0.25) is 0 Å². The lowest BCUT2D eigenvalue weighted by atomic mass is 9.80. The van der Waals surface area contributed by atoms with Gasteiger partial charge in [-0.05, 0) is 25.0 Å². The lowest BCUT2D eigenvalue weighted by Crippen LogP contribution is -2.45. The van der Waals surface area contributed by atoms with Crippen LogP contribution in [-0.4, -0.2) is 26.2 Å². The van der Waals surface area contributed by atoms with E-state index in [1.807, 2.05) is 0 Å². The molecule has 0 spiro atoms. The molecule has 1 aromatic rings. The van der Waals surface area contributed by atoms with Crippen molar-refractivity contribution in [2.45, 2.75) is 12.8 Å². The van der Waals surface area contributed by atoms with Gasteiger partial charge in [0.15, 0.2) is 0 Å². The Morgan fingerprint density at radius 3 is 2.63 bits per heavy atom. The molecule has 100 valence electrons. The summed E-state index contributed by atoms with van der Waals surface area (Å²) in [5.74, 6) is -0.845. The molecule has 0 aliphatic carbocycles. The maximum absolute atomic E-state index is 13.7. The Morgan fingerprint density at radius 2 is 2.05 bits per heavy atom. The molecular formula is C14H15FN2O2. The summed E-state index contributed by atoms with van der Waals surface area (Å²) in [6.45, 7) is 0.759. The molecule has 0 saturated carbocycles. The van der Waals surface area contributed by atoms with Gasteiger partial charge in [0, 0.05) is 20.3 Å². The number of rotatable bonds is 2. The monoisotopic (exact) mass is 262 g/mol. The third-order valence-corrected chi connectivity index (χ3v) is 3.49. The van der Waals surface area contributed by atoms with Crippen molar-refractivity contribution in [3.63, 3.8) is 0 Å². The second kappa shape index (κ2) is 5.37. The van der Waals surface area contributed by atoms with Crippen LogP contribution in [0.15, 0.2) is 24.3 Å². The summed E-state index contributed by atoms with van der Waals surface area (Å²) < 4.78 is 18.9. The second-order valence-corrected chi connectivity index (χ2v) is 4.62. The van der Waals surface area contributed by atoms with Gasteiger partial charge in [-0.2, -0.15) is 5.26 Å². The quantitative estimate of drug-likeness (QED) is 0.820. The van der Waals surface area contributed by atoms with Crippen molar-refractivity contribution in [2.24, 2.45) is 5.41 Å². The van der Waals surface area contributed by atoms with E-state index in [0.717, 1.165) is 0 Å². The number of carbonyl (C=O) groups is 1. The van der Waals surface area contributed by atoms with Gasteiger partial charge < -0.3 is 9.64 Å². The molecule has 0 radical (unpaired) electrons. The van der Waals surface area contributed by atoms with Gasteiger partial charge in [-0.1, -0.05) is 12.1 Å². The number of amides is 1. The topological polar surface area (TPSA) is 53.3 Å². The van der Waals surface area contributed by atoms with Gasteiger partial charge in [-0.3, -0.25) is 4.79 Å². The average Bonchev–Trinajstić information content (AvgIpc) is 2.47. The number of halogens is 1. The van der Waals surface area contributed by atoms with Gasteiger partial charge in [0.1, 0.15) is 11.2 Å². The first kappa shape index (κ1) is 13.5.